The number of hydrogen-bond acceptors (Lipinski definition) is 6. The normalized spacial score (nSPS) is 10.3. The third-order valence-electron chi connectivity index (χ3n) is 3.11. The van der Waals surface area contributed by atoms with Gasteiger partial charge in [-0.1, -0.05) is 17.7 Å². The molecule has 2 heterocycles. The van der Waals surface area contributed by atoms with Gasteiger partial charge in [-0.3, -0.25) is 4.79 Å². The average molecular weight is 358 g/mol. The number of rotatable bonds is 5. The summed E-state index contributed by atoms with van der Waals surface area (Å²) in [6.07, 6.45) is 4.32. The lowest BCUT2D eigenvalue weighted by Gasteiger charge is -2.11. The van der Waals surface area contributed by atoms with Crippen LogP contribution in [0.25, 0.3) is 5.69 Å². The van der Waals surface area contributed by atoms with Crippen molar-refractivity contribution in [1.29, 1.82) is 0 Å². The summed E-state index contributed by atoms with van der Waals surface area (Å²) in [6.45, 7) is -0.460. The Hall–Kier alpha value is -3.26. The van der Waals surface area contributed by atoms with Gasteiger partial charge in [0.2, 0.25) is 0 Å². The maximum Gasteiger partial charge on any atom is 0.357 e. The summed E-state index contributed by atoms with van der Waals surface area (Å²) in [5.74, 6) is -1.20. The molecular formula is C16H12ClN5O3. The van der Waals surface area contributed by atoms with E-state index in [-0.39, 0.29) is 5.69 Å². The number of anilines is 1. The Balaban J connectivity index is 1.67. The highest BCUT2D eigenvalue weighted by atomic mass is 35.5. The van der Waals surface area contributed by atoms with Crippen LogP contribution in [0.1, 0.15) is 10.5 Å². The largest absolute Gasteiger partial charge is 0.451 e. The van der Waals surface area contributed by atoms with E-state index < -0.39 is 18.5 Å². The van der Waals surface area contributed by atoms with Gasteiger partial charge in [0.15, 0.2) is 6.61 Å². The zero-order valence-corrected chi connectivity index (χ0v) is 13.6. The molecule has 1 aromatic carbocycles. The summed E-state index contributed by atoms with van der Waals surface area (Å²) in [5, 5.41) is 7.09. The molecule has 0 aliphatic heterocycles. The van der Waals surface area contributed by atoms with Crippen LogP contribution in [0.4, 0.5) is 5.69 Å². The van der Waals surface area contributed by atoms with Gasteiger partial charge in [-0.15, -0.1) is 0 Å². The van der Waals surface area contributed by atoms with Gasteiger partial charge in [0.1, 0.15) is 18.3 Å². The molecule has 9 heteroatoms. The lowest BCUT2D eigenvalue weighted by Crippen LogP contribution is -2.22. The molecule has 0 atom stereocenters. The zero-order valence-electron chi connectivity index (χ0n) is 12.8. The first kappa shape index (κ1) is 16.6. The SMILES string of the molecule is O=C(COC(=O)c1ccccn1)Nc1cc(Cl)ccc1-n1cncn1. The van der Waals surface area contributed by atoms with Gasteiger partial charge in [-0.05, 0) is 30.3 Å². The molecule has 0 unspecified atom stereocenters. The number of esters is 1. The molecule has 3 rings (SSSR count). The van der Waals surface area contributed by atoms with Gasteiger partial charge in [-0.25, -0.2) is 19.4 Å². The van der Waals surface area contributed by atoms with E-state index in [0.29, 0.717) is 16.4 Å². The first-order chi connectivity index (χ1) is 12.1. The summed E-state index contributed by atoms with van der Waals surface area (Å²) >= 11 is 5.98. The highest BCUT2D eigenvalue weighted by Crippen LogP contribution is 2.23. The number of nitrogens with one attached hydrogen (secondary N) is 1. The molecule has 0 aliphatic carbocycles. The van der Waals surface area contributed by atoms with Gasteiger partial charge < -0.3 is 10.1 Å². The molecule has 1 amide bonds. The average Bonchev–Trinajstić information content (AvgIpc) is 3.15. The Morgan fingerprint density at radius 2 is 2.12 bits per heavy atom. The Morgan fingerprint density at radius 3 is 2.84 bits per heavy atom. The number of carbonyl (C=O) groups is 2. The number of amides is 1. The van der Waals surface area contributed by atoms with Gasteiger partial charge in [0, 0.05) is 11.2 Å². The molecule has 0 bridgehead atoms. The molecule has 0 radical (unpaired) electrons. The molecule has 1 N–H and O–H groups in total. The summed E-state index contributed by atoms with van der Waals surface area (Å²) in [5.41, 5.74) is 1.12. The number of halogens is 1. The number of ether oxygens (including phenoxy) is 1. The lowest BCUT2D eigenvalue weighted by molar-refractivity contribution is -0.119. The summed E-state index contributed by atoms with van der Waals surface area (Å²) in [4.78, 5) is 31.6. The monoisotopic (exact) mass is 357 g/mol. The Kier molecular flexibility index (Phi) is 5.00. The van der Waals surface area contributed by atoms with Crippen molar-refractivity contribution < 1.29 is 14.3 Å². The van der Waals surface area contributed by atoms with Crippen molar-refractivity contribution in [3.05, 3.63) is 66.0 Å². The topological polar surface area (TPSA) is 99.0 Å². The van der Waals surface area contributed by atoms with E-state index in [1.165, 1.54) is 29.6 Å². The third kappa shape index (κ3) is 4.18. The van der Waals surface area contributed by atoms with Gasteiger partial charge >= 0.3 is 5.97 Å². The minimum atomic E-state index is -0.682. The van der Waals surface area contributed by atoms with Crippen LogP contribution in [-0.4, -0.2) is 38.2 Å². The molecule has 0 aliphatic rings. The van der Waals surface area contributed by atoms with Crippen molar-refractivity contribution in [2.24, 2.45) is 0 Å². The first-order valence-corrected chi connectivity index (χ1v) is 7.54. The van der Waals surface area contributed by atoms with Crippen LogP contribution < -0.4 is 5.32 Å². The van der Waals surface area contributed by atoms with Crippen LogP contribution in [0.2, 0.25) is 5.02 Å². The summed E-state index contributed by atoms with van der Waals surface area (Å²) < 4.78 is 6.42. The second-order valence-electron chi connectivity index (χ2n) is 4.84. The minimum Gasteiger partial charge on any atom is -0.451 e. The fourth-order valence-electron chi connectivity index (χ4n) is 2.02. The quantitative estimate of drug-likeness (QED) is 0.702. The Bertz CT molecular complexity index is 884. The predicted octanol–water partition coefficient (Wildman–Crippen LogP) is 2.11. The van der Waals surface area contributed by atoms with E-state index in [9.17, 15) is 9.59 Å². The van der Waals surface area contributed by atoms with Crippen LogP contribution >= 0.6 is 11.6 Å². The standard InChI is InChI=1S/C16H12ClN5O3/c17-11-4-5-14(22-10-18-9-20-22)13(7-11)21-15(23)8-25-16(24)12-3-1-2-6-19-12/h1-7,9-10H,8H2,(H,21,23). The molecule has 0 fully saturated rings. The number of nitrogens with zero attached hydrogens (tertiary/aromatic N) is 4. The fraction of sp³-hybridized carbons (Fsp3) is 0.0625. The van der Waals surface area contributed by atoms with Crippen molar-refractivity contribution in [2.45, 2.75) is 0 Å². The second kappa shape index (κ2) is 7.54. The first-order valence-electron chi connectivity index (χ1n) is 7.16. The Labute approximate surface area is 147 Å². The second-order valence-corrected chi connectivity index (χ2v) is 5.28. The third-order valence-corrected chi connectivity index (χ3v) is 3.34. The summed E-state index contributed by atoms with van der Waals surface area (Å²) in [7, 11) is 0. The number of benzene rings is 1. The van der Waals surface area contributed by atoms with Gasteiger partial charge in [0.25, 0.3) is 5.91 Å². The van der Waals surface area contributed by atoms with Crippen molar-refractivity contribution in [2.75, 3.05) is 11.9 Å². The number of hydrogen-bond donors (Lipinski definition) is 1. The highest BCUT2D eigenvalue weighted by molar-refractivity contribution is 6.31. The Morgan fingerprint density at radius 1 is 1.24 bits per heavy atom. The van der Waals surface area contributed by atoms with Crippen molar-refractivity contribution in [3.63, 3.8) is 0 Å². The lowest BCUT2D eigenvalue weighted by atomic mass is 10.2. The van der Waals surface area contributed by atoms with Crippen LogP contribution in [0.3, 0.4) is 0 Å². The van der Waals surface area contributed by atoms with Crippen LogP contribution in [0, 0.1) is 0 Å². The van der Waals surface area contributed by atoms with E-state index in [2.05, 4.69) is 20.4 Å². The fourth-order valence-corrected chi connectivity index (χ4v) is 2.19. The molecule has 0 saturated heterocycles. The van der Waals surface area contributed by atoms with Crippen molar-refractivity contribution in [3.8, 4) is 5.69 Å². The highest BCUT2D eigenvalue weighted by Gasteiger charge is 2.13. The van der Waals surface area contributed by atoms with Crippen LogP contribution in [0.5, 0.6) is 0 Å². The smallest absolute Gasteiger partial charge is 0.357 e. The van der Waals surface area contributed by atoms with E-state index in [1.807, 2.05) is 0 Å². The van der Waals surface area contributed by atoms with Crippen molar-refractivity contribution in [1.82, 2.24) is 19.7 Å². The maximum absolute atomic E-state index is 12.1. The van der Waals surface area contributed by atoms with Crippen LogP contribution in [0.15, 0.2) is 55.2 Å². The molecule has 3 aromatic rings. The van der Waals surface area contributed by atoms with E-state index >= 15 is 0 Å². The van der Waals surface area contributed by atoms with Gasteiger partial charge in [0.05, 0.1) is 11.4 Å². The predicted molar refractivity (Wildman–Crippen MR) is 89.5 cm³/mol. The zero-order chi connectivity index (χ0) is 17.6. The molecule has 8 nitrogen and oxygen atoms in total. The van der Waals surface area contributed by atoms with E-state index in [1.54, 1.807) is 30.3 Å². The molecule has 0 saturated carbocycles. The molecule has 2 aromatic heterocycles. The number of aromatic nitrogens is 4. The number of carbonyl (C=O) groups excluding carboxylic acids is 2. The van der Waals surface area contributed by atoms with E-state index in [0.717, 1.165) is 0 Å². The maximum atomic E-state index is 12.1. The molecule has 126 valence electrons. The molecule has 0 spiro atoms. The van der Waals surface area contributed by atoms with Crippen LogP contribution in [-0.2, 0) is 9.53 Å². The number of pyridine rings is 1. The molecule has 25 heavy (non-hydrogen) atoms. The molecular weight excluding hydrogens is 346 g/mol. The van der Waals surface area contributed by atoms with Crippen molar-refractivity contribution >= 4 is 29.2 Å². The van der Waals surface area contributed by atoms with E-state index in [4.69, 9.17) is 16.3 Å². The minimum absolute atomic E-state index is 0.126. The summed E-state index contributed by atoms with van der Waals surface area (Å²) in [6, 6.07) is 9.74. The van der Waals surface area contributed by atoms with Gasteiger partial charge in [-0.2, -0.15) is 5.10 Å².